The van der Waals surface area contributed by atoms with Crippen LogP contribution < -0.4 is 15.0 Å². The van der Waals surface area contributed by atoms with E-state index in [4.69, 9.17) is 32.7 Å². The van der Waals surface area contributed by atoms with Crippen LogP contribution in [-0.4, -0.2) is 36.0 Å². The third kappa shape index (κ3) is 7.77. The Labute approximate surface area is 259 Å². The number of ether oxygens (including phenoxy) is 2. The van der Waals surface area contributed by atoms with Crippen molar-refractivity contribution in [2.24, 2.45) is 0 Å². The molecule has 0 amide bonds. The van der Waals surface area contributed by atoms with E-state index in [1.165, 1.54) is 6.07 Å². The van der Waals surface area contributed by atoms with E-state index in [1.54, 1.807) is 87.0 Å². The number of aryl methyl sites for hydroxylation is 1. The van der Waals surface area contributed by atoms with Crippen molar-refractivity contribution in [2.45, 2.75) is 13.3 Å². The van der Waals surface area contributed by atoms with Crippen molar-refractivity contribution >= 4 is 34.8 Å². The molecular formula is C34H28Cl2N2O5. The Balaban J connectivity index is 0.000000208. The molecule has 0 saturated heterocycles. The average molecular weight is 616 g/mol. The molecule has 0 unspecified atom stereocenters. The second-order valence-electron chi connectivity index (χ2n) is 9.42. The molecule has 1 N–H and O–H groups in total. The Morgan fingerprint density at radius 2 is 1.21 bits per heavy atom. The van der Waals surface area contributed by atoms with Crippen LogP contribution in [0.15, 0.2) is 102 Å². The highest BCUT2D eigenvalue weighted by Crippen LogP contribution is 2.26. The molecule has 43 heavy (non-hydrogen) atoms. The Hall–Kier alpha value is -4.72. The number of methoxy groups -OCH3 is 2. The van der Waals surface area contributed by atoms with Gasteiger partial charge in [0.05, 0.1) is 30.0 Å². The van der Waals surface area contributed by atoms with E-state index in [1.807, 2.05) is 25.1 Å². The largest absolute Gasteiger partial charge is 0.497 e. The number of ketones is 2. The summed E-state index contributed by atoms with van der Waals surface area (Å²) in [5.41, 5.74) is 4.14. The topological polar surface area (TPSA) is 98.4 Å². The fourth-order valence-corrected chi connectivity index (χ4v) is 4.67. The fraction of sp³-hybridized carbons (Fsp3) is 0.118. The first-order chi connectivity index (χ1) is 20.7. The summed E-state index contributed by atoms with van der Waals surface area (Å²) in [5, 5.41) is 7.26. The molecule has 0 saturated carbocycles. The van der Waals surface area contributed by atoms with Gasteiger partial charge in [-0.2, -0.15) is 5.10 Å². The highest BCUT2D eigenvalue weighted by Gasteiger charge is 2.16. The average Bonchev–Trinajstić information content (AvgIpc) is 3.04. The first-order valence-corrected chi connectivity index (χ1v) is 13.9. The number of rotatable bonds is 8. The molecule has 5 rings (SSSR count). The molecule has 0 radical (unpaired) electrons. The Morgan fingerprint density at radius 1 is 0.698 bits per heavy atom. The molecule has 0 aliphatic carbocycles. The van der Waals surface area contributed by atoms with E-state index >= 15 is 0 Å². The van der Waals surface area contributed by atoms with Crippen LogP contribution in [0.4, 0.5) is 0 Å². The minimum atomic E-state index is -0.265. The van der Waals surface area contributed by atoms with Crippen LogP contribution in [0, 0.1) is 6.92 Å². The summed E-state index contributed by atoms with van der Waals surface area (Å²) in [7, 11) is 3.16. The molecule has 0 aliphatic heterocycles. The van der Waals surface area contributed by atoms with Gasteiger partial charge in [0.1, 0.15) is 11.5 Å². The van der Waals surface area contributed by atoms with Gasteiger partial charge in [-0.1, -0.05) is 47.5 Å². The van der Waals surface area contributed by atoms with Gasteiger partial charge in [0.2, 0.25) is 0 Å². The smallest absolute Gasteiger partial charge is 0.264 e. The molecule has 5 aromatic rings. The number of hydrogen-bond donors (Lipinski definition) is 1. The number of halogens is 2. The van der Waals surface area contributed by atoms with E-state index in [0.717, 1.165) is 16.9 Å². The summed E-state index contributed by atoms with van der Waals surface area (Å²) in [5.74, 6) is 1.16. The molecule has 1 aromatic heterocycles. The van der Waals surface area contributed by atoms with E-state index < -0.39 is 0 Å². The Bertz CT molecular complexity index is 1780. The number of benzene rings is 4. The highest BCUT2D eigenvalue weighted by atomic mass is 35.5. The molecule has 218 valence electrons. The van der Waals surface area contributed by atoms with Gasteiger partial charge in [0.15, 0.2) is 11.6 Å². The van der Waals surface area contributed by atoms with Crippen LogP contribution in [-0.2, 0) is 6.42 Å². The molecule has 0 bridgehead atoms. The van der Waals surface area contributed by atoms with E-state index in [2.05, 4.69) is 10.2 Å². The van der Waals surface area contributed by atoms with Gasteiger partial charge < -0.3 is 9.47 Å². The summed E-state index contributed by atoms with van der Waals surface area (Å²) in [6, 6.07) is 27.7. The molecule has 9 heteroatoms. The lowest BCUT2D eigenvalue weighted by molar-refractivity contribution is 0.103. The summed E-state index contributed by atoms with van der Waals surface area (Å²) in [6.45, 7) is 1.88. The molecule has 0 atom stereocenters. The van der Waals surface area contributed by atoms with E-state index in [-0.39, 0.29) is 17.1 Å². The summed E-state index contributed by atoms with van der Waals surface area (Å²) < 4.78 is 10.2. The molecular weight excluding hydrogens is 587 g/mol. The number of nitrogens with one attached hydrogen (secondary N) is 1. The van der Waals surface area contributed by atoms with Crippen molar-refractivity contribution in [3.05, 3.63) is 157 Å². The SMILES string of the molecule is COc1ccc(C(=O)c2cccc(C)c2Cl)cc1.COc1ccc(C(=O)c2cccc(Cc3ccc(=O)[nH]n3)c2Cl)cc1. The molecule has 1 heterocycles. The summed E-state index contributed by atoms with van der Waals surface area (Å²) in [6.07, 6.45) is 0.416. The van der Waals surface area contributed by atoms with Gasteiger partial charge in [-0.3, -0.25) is 14.4 Å². The van der Waals surface area contributed by atoms with Crippen LogP contribution in [0.3, 0.4) is 0 Å². The third-order valence-corrected chi connectivity index (χ3v) is 7.52. The zero-order chi connectivity index (χ0) is 30.9. The Kier molecular flexibility index (Phi) is 10.5. The predicted molar refractivity (Wildman–Crippen MR) is 168 cm³/mol. The normalized spacial score (nSPS) is 10.3. The van der Waals surface area contributed by atoms with Crippen LogP contribution in [0.5, 0.6) is 11.5 Å². The van der Waals surface area contributed by atoms with Crippen molar-refractivity contribution in [1.29, 1.82) is 0 Å². The van der Waals surface area contributed by atoms with Gasteiger partial charge in [0, 0.05) is 34.7 Å². The first-order valence-electron chi connectivity index (χ1n) is 13.2. The number of carbonyl (C=O) groups excluding carboxylic acids is 2. The van der Waals surface area contributed by atoms with Gasteiger partial charge in [0.25, 0.3) is 5.56 Å². The number of aromatic nitrogens is 2. The Morgan fingerprint density at radius 3 is 1.70 bits per heavy atom. The summed E-state index contributed by atoms with van der Waals surface area (Å²) in [4.78, 5) is 36.1. The first kappa shape index (κ1) is 31.2. The number of carbonyl (C=O) groups is 2. The quantitative estimate of drug-likeness (QED) is 0.186. The van der Waals surface area contributed by atoms with Crippen LogP contribution >= 0.6 is 23.2 Å². The highest BCUT2D eigenvalue weighted by molar-refractivity contribution is 6.36. The van der Waals surface area contributed by atoms with Crippen molar-refractivity contribution < 1.29 is 19.1 Å². The number of aromatic amines is 1. The fourth-order valence-electron chi connectivity index (χ4n) is 4.18. The molecule has 4 aromatic carbocycles. The molecule has 0 aliphatic rings. The summed E-state index contributed by atoms with van der Waals surface area (Å²) >= 11 is 12.6. The van der Waals surface area contributed by atoms with E-state index in [0.29, 0.717) is 50.2 Å². The minimum Gasteiger partial charge on any atom is -0.497 e. The monoisotopic (exact) mass is 614 g/mol. The number of nitrogens with zero attached hydrogens (tertiary/aromatic N) is 1. The third-order valence-electron chi connectivity index (χ3n) is 6.57. The molecule has 0 fully saturated rings. The zero-order valence-electron chi connectivity index (χ0n) is 23.7. The maximum Gasteiger partial charge on any atom is 0.264 e. The number of hydrogen-bond acceptors (Lipinski definition) is 6. The second-order valence-corrected chi connectivity index (χ2v) is 10.2. The molecule has 7 nitrogen and oxygen atoms in total. The number of H-pyrrole nitrogens is 1. The standard InChI is InChI=1S/C19H15ClN2O3.C15H13ClO2/c1-25-15-8-5-12(6-9-15)19(24)16-4-2-3-13(18(16)20)11-14-7-10-17(23)22-21-14;1-10-4-3-5-13(14(10)16)15(17)11-6-8-12(18-2)9-7-11/h2-10H,11H2,1H3,(H,22,23);3-9H,1-2H3. The van der Waals surface area contributed by atoms with Gasteiger partial charge >= 0.3 is 0 Å². The van der Waals surface area contributed by atoms with Crippen LogP contribution in [0.2, 0.25) is 10.0 Å². The van der Waals surface area contributed by atoms with Crippen molar-refractivity contribution in [2.75, 3.05) is 14.2 Å². The lowest BCUT2D eigenvalue weighted by atomic mass is 9.99. The maximum atomic E-state index is 12.7. The van der Waals surface area contributed by atoms with Crippen molar-refractivity contribution in [3.8, 4) is 11.5 Å². The van der Waals surface area contributed by atoms with Crippen LogP contribution in [0.1, 0.15) is 48.7 Å². The van der Waals surface area contributed by atoms with Gasteiger partial charge in [-0.25, -0.2) is 5.10 Å². The minimum absolute atomic E-state index is 0.0775. The predicted octanol–water partition coefficient (Wildman–Crippen LogP) is 7.14. The lowest BCUT2D eigenvalue weighted by Crippen LogP contribution is -2.08. The van der Waals surface area contributed by atoms with Crippen molar-refractivity contribution in [3.63, 3.8) is 0 Å². The van der Waals surface area contributed by atoms with Gasteiger partial charge in [-0.05, 0) is 84.8 Å². The van der Waals surface area contributed by atoms with Gasteiger partial charge in [-0.15, -0.1) is 0 Å². The lowest BCUT2D eigenvalue weighted by Gasteiger charge is -2.09. The molecule has 0 spiro atoms. The zero-order valence-corrected chi connectivity index (χ0v) is 25.2. The van der Waals surface area contributed by atoms with Crippen LogP contribution in [0.25, 0.3) is 0 Å². The maximum absolute atomic E-state index is 12.7. The van der Waals surface area contributed by atoms with E-state index in [9.17, 15) is 14.4 Å². The second kappa shape index (κ2) is 14.4. The van der Waals surface area contributed by atoms with Crippen molar-refractivity contribution in [1.82, 2.24) is 10.2 Å².